The van der Waals surface area contributed by atoms with E-state index in [2.05, 4.69) is 26.1 Å². The van der Waals surface area contributed by atoms with E-state index in [0.29, 0.717) is 21.8 Å². The van der Waals surface area contributed by atoms with Gasteiger partial charge in [-0.1, -0.05) is 20.8 Å². The van der Waals surface area contributed by atoms with E-state index in [1.807, 2.05) is 22.6 Å². The Morgan fingerprint density at radius 3 is 2.45 bits per heavy atom. The van der Waals surface area contributed by atoms with Crippen molar-refractivity contribution in [3.8, 4) is 0 Å². The van der Waals surface area contributed by atoms with Gasteiger partial charge in [-0.3, -0.25) is 4.79 Å². The Hall–Kier alpha value is -1.81. The molecule has 2 aromatic rings. The van der Waals surface area contributed by atoms with Gasteiger partial charge in [-0.05, 0) is 77.6 Å². The van der Waals surface area contributed by atoms with Crippen LogP contribution in [0.5, 0.6) is 0 Å². The molecule has 31 heavy (non-hydrogen) atoms. The number of hydrogen-bond donors (Lipinski definition) is 2. The van der Waals surface area contributed by atoms with Crippen LogP contribution in [-0.2, 0) is 0 Å². The summed E-state index contributed by atoms with van der Waals surface area (Å²) in [5.41, 5.74) is -1.59. The van der Waals surface area contributed by atoms with E-state index in [1.165, 1.54) is 23.1 Å². The van der Waals surface area contributed by atoms with Gasteiger partial charge >= 0.3 is 0 Å². The van der Waals surface area contributed by atoms with Crippen molar-refractivity contribution in [2.75, 3.05) is 18.4 Å². The molecule has 0 bridgehead atoms. The van der Waals surface area contributed by atoms with Crippen molar-refractivity contribution in [1.82, 2.24) is 4.90 Å². The summed E-state index contributed by atoms with van der Waals surface area (Å²) in [6.45, 7) is 6.61. The van der Waals surface area contributed by atoms with Crippen LogP contribution in [0.2, 0.25) is 0 Å². The molecule has 1 atom stereocenters. The Bertz CT molecular complexity index is 978. The van der Waals surface area contributed by atoms with Gasteiger partial charge in [0.1, 0.15) is 5.82 Å². The fraction of sp³-hybridized carbons (Fsp3) is 0.435. The van der Waals surface area contributed by atoms with Gasteiger partial charge < -0.3 is 15.3 Å². The molecule has 4 nitrogen and oxygen atoms in total. The smallest absolute Gasteiger partial charge is 0.256 e. The van der Waals surface area contributed by atoms with Gasteiger partial charge in [-0.15, -0.1) is 0 Å². The molecule has 168 valence electrons. The SMILES string of the molecule is CC(C)C(C)CCC1(O)CN(C(=O)c2ccc(F)c(F)c2Nc2ccc(I)cc2F)C1. The lowest BCUT2D eigenvalue weighted by Crippen LogP contribution is -2.63. The van der Waals surface area contributed by atoms with E-state index in [9.17, 15) is 23.1 Å². The van der Waals surface area contributed by atoms with Gasteiger partial charge in [-0.25, -0.2) is 13.2 Å². The van der Waals surface area contributed by atoms with Crippen LogP contribution in [0.4, 0.5) is 24.5 Å². The van der Waals surface area contributed by atoms with Gasteiger partial charge in [0.25, 0.3) is 5.91 Å². The lowest BCUT2D eigenvalue weighted by molar-refractivity contribution is -0.0890. The second-order valence-electron chi connectivity index (χ2n) is 8.68. The highest BCUT2D eigenvalue weighted by atomic mass is 127. The average molecular weight is 546 g/mol. The van der Waals surface area contributed by atoms with Crippen LogP contribution < -0.4 is 5.32 Å². The molecular weight excluding hydrogens is 520 g/mol. The van der Waals surface area contributed by atoms with E-state index in [1.54, 1.807) is 6.07 Å². The minimum Gasteiger partial charge on any atom is -0.386 e. The molecule has 0 saturated carbocycles. The normalized spacial score (nSPS) is 16.2. The van der Waals surface area contributed by atoms with Crippen LogP contribution in [-0.4, -0.2) is 34.6 Å². The minimum absolute atomic E-state index is 0.0678. The first-order chi connectivity index (χ1) is 14.5. The third-order valence-electron chi connectivity index (χ3n) is 5.98. The molecule has 8 heteroatoms. The Kier molecular flexibility index (Phi) is 7.20. The number of carbonyl (C=O) groups excluding carboxylic acids is 1. The lowest BCUT2D eigenvalue weighted by Gasteiger charge is -2.47. The Labute approximate surface area is 194 Å². The maximum atomic E-state index is 14.6. The quantitative estimate of drug-likeness (QED) is 0.438. The molecule has 1 aliphatic rings. The zero-order valence-electron chi connectivity index (χ0n) is 17.7. The number of anilines is 2. The van der Waals surface area contributed by atoms with E-state index in [0.717, 1.165) is 12.5 Å². The van der Waals surface area contributed by atoms with Gasteiger partial charge in [0.15, 0.2) is 11.6 Å². The molecule has 0 radical (unpaired) electrons. The Balaban J connectivity index is 1.77. The summed E-state index contributed by atoms with van der Waals surface area (Å²) in [6.07, 6.45) is 1.40. The monoisotopic (exact) mass is 546 g/mol. The van der Waals surface area contributed by atoms with E-state index < -0.39 is 34.6 Å². The van der Waals surface area contributed by atoms with Gasteiger partial charge in [0.2, 0.25) is 0 Å². The predicted molar refractivity (Wildman–Crippen MR) is 123 cm³/mol. The average Bonchev–Trinajstić information content (AvgIpc) is 2.68. The molecule has 1 aliphatic heterocycles. The molecule has 1 unspecified atom stereocenters. The van der Waals surface area contributed by atoms with Crippen LogP contribution in [0.3, 0.4) is 0 Å². The molecule has 0 aromatic heterocycles. The molecule has 1 amide bonds. The zero-order valence-corrected chi connectivity index (χ0v) is 19.8. The fourth-order valence-corrected chi connectivity index (χ4v) is 4.00. The minimum atomic E-state index is -1.26. The van der Waals surface area contributed by atoms with Crippen LogP contribution in [0.25, 0.3) is 0 Å². The number of amides is 1. The molecule has 2 N–H and O–H groups in total. The summed E-state index contributed by atoms with van der Waals surface area (Å²) in [6, 6.07) is 6.29. The first-order valence-corrected chi connectivity index (χ1v) is 11.3. The predicted octanol–water partition coefficient (Wildman–Crippen LogP) is 5.71. The van der Waals surface area contributed by atoms with Crippen LogP contribution >= 0.6 is 22.6 Å². The Morgan fingerprint density at radius 1 is 1.16 bits per heavy atom. The van der Waals surface area contributed by atoms with Crippen molar-refractivity contribution in [3.05, 3.63) is 56.9 Å². The number of carbonyl (C=O) groups is 1. The van der Waals surface area contributed by atoms with Crippen molar-refractivity contribution in [1.29, 1.82) is 0 Å². The third kappa shape index (κ3) is 5.34. The fourth-order valence-electron chi connectivity index (χ4n) is 3.54. The number of hydrogen-bond acceptors (Lipinski definition) is 3. The van der Waals surface area contributed by atoms with Crippen molar-refractivity contribution in [2.45, 2.75) is 39.2 Å². The molecule has 0 aliphatic carbocycles. The van der Waals surface area contributed by atoms with E-state index in [-0.39, 0.29) is 24.3 Å². The number of halogens is 4. The number of aliphatic hydroxyl groups is 1. The molecule has 1 saturated heterocycles. The molecule has 1 heterocycles. The number of β-amino-alcohol motifs (C(OH)–C–C–N with tert-alkyl or cyclic N) is 1. The summed E-state index contributed by atoms with van der Waals surface area (Å²) < 4.78 is 43.3. The van der Waals surface area contributed by atoms with Crippen LogP contribution in [0, 0.1) is 32.9 Å². The number of benzene rings is 2. The van der Waals surface area contributed by atoms with E-state index >= 15 is 0 Å². The lowest BCUT2D eigenvalue weighted by atomic mass is 9.83. The first-order valence-electron chi connectivity index (χ1n) is 10.2. The molecular formula is C23H26F3IN2O2. The summed E-state index contributed by atoms with van der Waals surface area (Å²) in [7, 11) is 0. The second kappa shape index (κ2) is 9.36. The Morgan fingerprint density at radius 2 is 1.84 bits per heavy atom. The highest BCUT2D eigenvalue weighted by molar-refractivity contribution is 14.1. The van der Waals surface area contributed by atoms with Gasteiger partial charge in [0, 0.05) is 3.57 Å². The van der Waals surface area contributed by atoms with Crippen molar-refractivity contribution in [2.24, 2.45) is 11.8 Å². The summed E-state index contributed by atoms with van der Waals surface area (Å²) in [5.74, 6) is -2.66. The second-order valence-corrected chi connectivity index (χ2v) is 9.92. The van der Waals surface area contributed by atoms with Gasteiger partial charge in [-0.2, -0.15) is 0 Å². The number of nitrogens with zero attached hydrogens (tertiary/aromatic N) is 1. The first kappa shape index (κ1) is 23.8. The molecule has 2 aromatic carbocycles. The number of likely N-dealkylation sites (tertiary alicyclic amines) is 1. The largest absolute Gasteiger partial charge is 0.386 e. The summed E-state index contributed by atoms with van der Waals surface area (Å²) in [5, 5.41) is 13.2. The van der Waals surface area contributed by atoms with E-state index in [4.69, 9.17) is 0 Å². The molecule has 0 spiro atoms. The maximum absolute atomic E-state index is 14.6. The molecule has 1 fully saturated rings. The zero-order chi connectivity index (χ0) is 22.9. The van der Waals surface area contributed by atoms with Crippen molar-refractivity contribution in [3.63, 3.8) is 0 Å². The molecule has 3 rings (SSSR count). The van der Waals surface area contributed by atoms with Crippen LogP contribution in [0.1, 0.15) is 44.0 Å². The van der Waals surface area contributed by atoms with Crippen molar-refractivity contribution >= 4 is 39.9 Å². The van der Waals surface area contributed by atoms with Gasteiger partial charge in [0.05, 0.1) is 35.6 Å². The summed E-state index contributed by atoms with van der Waals surface area (Å²) in [4.78, 5) is 14.4. The number of rotatable bonds is 7. The standard InChI is InChI=1S/C23H26F3IN2O2/c1-13(2)14(3)8-9-23(31)11-29(12-23)22(30)16-5-6-17(24)20(26)21(16)28-19-7-4-15(27)10-18(19)25/h4-7,10,13-14,28,31H,8-9,11-12H2,1-3H3. The topological polar surface area (TPSA) is 52.6 Å². The number of nitrogens with one attached hydrogen (secondary N) is 1. The third-order valence-corrected chi connectivity index (χ3v) is 6.65. The van der Waals surface area contributed by atoms with Crippen LogP contribution in [0.15, 0.2) is 30.3 Å². The highest BCUT2D eigenvalue weighted by Gasteiger charge is 2.44. The maximum Gasteiger partial charge on any atom is 0.256 e. The summed E-state index contributed by atoms with van der Waals surface area (Å²) >= 11 is 1.93. The van der Waals surface area contributed by atoms with Crippen molar-refractivity contribution < 1.29 is 23.1 Å². The highest BCUT2D eigenvalue weighted by Crippen LogP contribution is 2.34.